The molecule has 0 atom stereocenters. The fourth-order valence-corrected chi connectivity index (χ4v) is 2.59. The highest BCUT2D eigenvalue weighted by atomic mass is 16.3. The summed E-state index contributed by atoms with van der Waals surface area (Å²) < 4.78 is 5.33. The Morgan fingerprint density at radius 2 is 1.88 bits per heavy atom. The van der Waals surface area contributed by atoms with Crippen LogP contribution in [-0.4, -0.2) is 22.5 Å². The molecule has 0 saturated carbocycles. The minimum atomic E-state index is -0.136. The van der Waals surface area contributed by atoms with Crippen molar-refractivity contribution in [2.75, 3.05) is 6.54 Å². The fourth-order valence-electron chi connectivity index (χ4n) is 2.59. The number of carbonyl (C=O) groups excluding carboxylic acids is 1. The van der Waals surface area contributed by atoms with Gasteiger partial charge in [0.15, 0.2) is 5.76 Å². The van der Waals surface area contributed by atoms with Crippen LogP contribution in [-0.2, 0) is 13.0 Å². The van der Waals surface area contributed by atoms with Crippen molar-refractivity contribution < 1.29 is 14.3 Å². The molecule has 2 heterocycles. The molecule has 0 unspecified atom stereocenters. The summed E-state index contributed by atoms with van der Waals surface area (Å²) in [6, 6.07) is 14.9. The molecule has 2 aromatic heterocycles. The topological polar surface area (TPSA) is 75.4 Å². The number of furan rings is 1. The van der Waals surface area contributed by atoms with Gasteiger partial charge in [-0.1, -0.05) is 24.3 Å². The maximum atomic E-state index is 12.3. The number of amides is 1. The SMILES string of the molecule is Cc1nc(-c2ccco2)ccc1C(=O)NCCc1ccc(CO)cc1. The number of nitrogens with zero attached hydrogens (tertiary/aromatic N) is 1. The average Bonchev–Trinajstić information content (AvgIpc) is 3.17. The first-order valence-corrected chi connectivity index (χ1v) is 8.16. The third kappa shape index (κ3) is 4.14. The van der Waals surface area contributed by atoms with Gasteiger partial charge in [0.25, 0.3) is 5.91 Å². The highest BCUT2D eigenvalue weighted by Crippen LogP contribution is 2.19. The van der Waals surface area contributed by atoms with Crippen LogP contribution in [0.25, 0.3) is 11.5 Å². The van der Waals surface area contributed by atoms with E-state index in [1.165, 1.54) is 0 Å². The fraction of sp³-hybridized carbons (Fsp3) is 0.200. The first-order chi connectivity index (χ1) is 12.2. The predicted octanol–water partition coefficient (Wildman–Crippen LogP) is 3.11. The molecule has 0 aliphatic rings. The second-order valence-corrected chi connectivity index (χ2v) is 5.79. The second-order valence-electron chi connectivity index (χ2n) is 5.79. The lowest BCUT2D eigenvalue weighted by Crippen LogP contribution is -2.26. The number of carbonyl (C=O) groups is 1. The molecule has 0 fully saturated rings. The zero-order chi connectivity index (χ0) is 17.6. The second kappa shape index (κ2) is 7.77. The number of aryl methyl sites for hydroxylation is 1. The molecule has 0 spiro atoms. The molecule has 0 saturated heterocycles. The van der Waals surface area contributed by atoms with Crippen molar-refractivity contribution in [3.05, 3.63) is 77.2 Å². The summed E-state index contributed by atoms with van der Waals surface area (Å²) in [6.45, 7) is 2.39. The molecule has 128 valence electrons. The van der Waals surface area contributed by atoms with Crippen molar-refractivity contribution >= 4 is 5.91 Å². The Morgan fingerprint density at radius 1 is 1.12 bits per heavy atom. The Labute approximate surface area is 146 Å². The summed E-state index contributed by atoms with van der Waals surface area (Å²) in [5, 5.41) is 12.0. The van der Waals surface area contributed by atoms with E-state index in [-0.39, 0.29) is 12.5 Å². The largest absolute Gasteiger partial charge is 0.463 e. The highest BCUT2D eigenvalue weighted by molar-refractivity contribution is 5.95. The van der Waals surface area contributed by atoms with Crippen molar-refractivity contribution in [1.82, 2.24) is 10.3 Å². The van der Waals surface area contributed by atoms with Crippen LogP contribution < -0.4 is 5.32 Å². The summed E-state index contributed by atoms with van der Waals surface area (Å²) in [5.74, 6) is 0.546. The molecule has 3 aromatic rings. The van der Waals surface area contributed by atoms with Gasteiger partial charge in [0, 0.05) is 6.54 Å². The van der Waals surface area contributed by atoms with E-state index in [9.17, 15) is 4.79 Å². The Morgan fingerprint density at radius 3 is 2.52 bits per heavy atom. The van der Waals surface area contributed by atoms with E-state index in [4.69, 9.17) is 9.52 Å². The number of aliphatic hydroxyl groups is 1. The number of aromatic nitrogens is 1. The molecule has 5 nitrogen and oxygen atoms in total. The molecule has 2 N–H and O–H groups in total. The summed E-state index contributed by atoms with van der Waals surface area (Å²) >= 11 is 0. The van der Waals surface area contributed by atoms with Gasteiger partial charge in [0.2, 0.25) is 0 Å². The van der Waals surface area contributed by atoms with Crippen LogP contribution in [0.2, 0.25) is 0 Å². The van der Waals surface area contributed by atoms with E-state index < -0.39 is 0 Å². The van der Waals surface area contributed by atoms with E-state index in [0.29, 0.717) is 29.3 Å². The first-order valence-electron chi connectivity index (χ1n) is 8.16. The van der Waals surface area contributed by atoms with Gasteiger partial charge in [0.05, 0.1) is 24.1 Å². The summed E-state index contributed by atoms with van der Waals surface area (Å²) in [6.07, 6.45) is 2.33. The third-order valence-electron chi connectivity index (χ3n) is 4.01. The van der Waals surface area contributed by atoms with E-state index in [0.717, 1.165) is 17.5 Å². The molecule has 3 rings (SSSR count). The summed E-state index contributed by atoms with van der Waals surface area (Å²) in [7, 11) is 0. The first kappa shape index (κ1) is 16.9. The Bertz CT molecular complexity index is 840. The standard InChI is InChI=1S/C20H20N2O3/c1-14-17(8-9-18(22-14)19-3-2-12-25-19)20(24)21-11-10-15-4-6-16(13-23)7-5-15/h2-9,12,23H,10-11,13H2,1H3,(H,21,24). The van der Waals surface area contributed by atoms with E-state index in [2.05, 4.69) is 10.3 Å². The van der Waals surface area contributed by atoms with E-state index >= 15 is 0 Å². The van der Waals surface area contributed by atoms with Gasteiger partial charge in [-0.25, -0.2) is 4.98 Å². The lowest BCUT2D eigenvalue weighted by atomic mass is 10.1. The van der Waals surface area contributed by atoms with Crippen molar-refractivity contribution in [2.24, 2.45) is 0 Å². The molecule has 0 aliphatic heterocycles. The number of nitrogens with one attached hydrogen (secondary N) is 1. The van der Waals surface area contributed by atoms with Gasteiger partial charge in [-0.15, -0.1) is 0 Å². The zero-order valence-corrected chi connectivity index (χ0v) is 14.0. The Kier molecular flexibility index (Phi) is 5.26. The van der Waals surface area contributed by atoms with Crippen LogP contribution >= 0.6 is 0 Å². The van der Waals surface area contributed by atoms with E-state index in [1.54, 1.807) is 24.5 Å². The molecule has 5 heteroatoms. The van der Waals surface area contributed by atoms with Crippen molar-refractivity contribution in [1.29, 1.82) is 0 Å². The zero-order valence-electron chi connectivity index (χ0n) is 14.0. The molecule has 0 radical (unpaired) electrons. The van der Waals surface area contributed by atoms with Gasteiger partial charge >= 0.3 is 0 Å². The number of benzene rings is 1. The highest BCUT2D eigenvalue weighted by Gasteiger charge is 2.12. The predicted molar refractivity (Wildman–Crippen MR) is 95.1 cm³/mol. The van der Waals surface area contributed by atoms with Gasteiger partial charge in [-0.2, -0.15) is 0 Å². The van der Waals surface area contributed by atoms with Gasteiger partial charge in [-0.05, 0) is 48.7 Å². The lowest BCUT2D eigenvalue weighted by molar-refractivity contribution is 0.0953. The van der Waals surface area contributed by atoms with Crippen LogP contribution in [0.1, 0.15) is 27.2 Å². The van der Waals surface area contributed by atoms with Crippen LogP contribution in [0.15, 0.2) is 59.2 Å². The maximum absolute atomic E-state index is 12.3. The monoisotopic (exact) mass is 336 g/mol. The van der Waals surface area contributed by atoms with Crippen molar-refractivity contribution in [3.63, 3.8) is 0 Å². The van der Waals surface area contributed by atoms with Gasteiger partial charge in [-0.3, -0.25) is 4.79 Å². The molecule has 1 aromatic carbocycles. The number of pyridine rings is 1. The molecular weight excluding hydrogens is 316 g/mol. The van der Waals surface area contributed by atoms with Crippen molar-refractivity contribution in [2.45, 2.75) is 20.0 Å². The number of hydrogen-bond donors (Lipinski definition) is 2. The molecular formula is C20H20N2O3. The Hall–Kier alpha value is -2.92. The minimum absolute atomic E-state index is 0.0390. The maximum Gasteiger partial charge on any atom is 0.253 e. The third-order valence-corrected chi connectivity index (χ3v) is 4.01. The minimum Gasteiger partial charge on any atom is -0.463 e. The normalized spacial score (nSPS) is 10.6. The van der Waals surface area contributed by atoms with Crippen LogP contribution in [0.5, 0.6) is 0 Å². The molecule has 0 aliphatic carbocycles. The number of aliphatic hydroxyl groups excluding tert-OH is 1. The van der Waals surface area contributed by atoms with Gasteiger partial charge in [0.1, 0.15) is 5.69 Å². The molecule has 0 bridgehead atoms. The quantitative estimate of drug-likeness (QED) is 0.725. The van der Waals surface area contributed by atoms with Gasteiger partial charge < -0.3 is 14.8 Å². The molecule has 25 heavy (non-hydrogen) atoms. The summed E-state index contributed by atoms with van der Waals surface area (Å²) in [5.41, 5.74) is 3.93. The van der Waals surface area contributed by atoms with Crippen molar-refractivity contribution in [3.8, 4) is 11.5 Å². The lowest BCUT2D eigenvalue weighted by Gasteiger charge is -2.08. The number of rotatable bonds is 6. The summed E-state index contributed by atoms with van der Waals surface area (Å²) in [4.78, 5) is 16.8. The van der Waals surface area contributed by atoms with Crippen LogP contribution in [0.3, 0.4) is 0 Å². The average molecular weight is 336 g/mol. The van der Waals surface area contributed by atoms with E-state index in [1.807, 2.05) is 37.3 Å². The Balaban J connectivity index is 1.59. The van der Waals surface area contributed by atoms with Crippen LogP contribution in [0, 0.1) is 6.92 Å². The van der Waals surface area contributed by atoms with Crippen LogP contribution in [0.4, 0.5) is 0 Å². The molecule has 1 amide bonds. The smallest absolute Gasteiger partial charge is 0.253 e. The number of hydrogen-bond acceptors (Lipinski definition) is 4.